The summed E-state index contributed by atoms with van der Waals surface area (Å²) in [5.41, 5.74) is 10.7. The standard InChI is InChI=1S/C13H24N4O5S2/c1-24-5-4-7(14)11(19)17-9(6-23)12(20)16-8(13(21)22)2-3-10(15)18/h7-9,23H,2-6,14H2,1H3,(H2,15,18)(H,16,20)(H,17,19)(H,21,22). The molecule has 0 aliphatic rings. The zero-order chi connectivity index (χ0) is 18.7. The first-order valence-electron chi connectivity index (χ1n) is 7.20. The van der Waals surface area contributed by atoms with Gasteiger partial charge in [0.2, 0.25) is 17.7 Å². The SMILES string of the molecule is CSCCC(N)C(=O)NC(CS)C(=O)NC(CCC(N)=O)C(=O)O. The summed E-state index contributed by atoms with van der Waals surface area (Å²) < 4.78 is 0. The molecule has 0 radical (unpaired) electrons. The highest BCUT2D eigenvalue weighted by molar-refractivity contribution is 7.98. The van der Waals surface area contributed by atoms with Crippen LogP contribution in [0.5, 0.6) is 0 Å². The van der Waals surface area contributed by atoms with Crippen molar-refractivity contribution in [3.63, 3.8) is 0 Å². The molecule has 138 valence electrons. The van der Waals surface area contributed by atoms with Crippen LogP contribution in [0.4, 0.5) is 0 Å². The van der Waals surface area contributed by atoms with E-state index in [1.165, 1.54) is 0 Å². The molecule has 3 atom stereocenters. The zero-order valence-corrected chi connectivity index (χ0v) is 15.1. The van der Waals surface area contributed by atoms with Crippen molar-refractivity contribution >= 4 is 48.1 Å². The number of nitrogens with two attached hydrogens (primary N) is 2. The second kappa shape index (κ2) is 12.0. The Bertz CT molecular complexity index is 464. The molecule has 3 amide bonds. The topological polar surface area (TPSA) is 165 Å². The first-order valence-corrected chi connectivity index (χ1v) is 9.22. The van der Waals surface area contributed by atoms with Crippen molar-refractivity contribution in [3.05, 3.63) is 0 Å². The highest BCUT2D eigenvalue weighted by Gasteiger charge is 2.27. The van der Waals surface area contributed by atoms with Crippen LogP contribution in [0.15, 0.2) is 0 Å². The molecule has 0 aliphatic heterocycles. The van der Waals surface area contributed by atoms with Crippen molar-refractivity contribution in [2.24, 2.45) is 11.5 Å². The van der Waals surface area contributed by atoms with E-state index in [4.69, 9.17) is 16.6 Å². The van der Waals surface area contributed by atoms with E-state index in [1.807, 2.05) is 6.26 Å². The molecule has 0 spiro atoms. The lowest BCUT2D eigenvalue weighted by Crippen LogP contribution is -2.55. The highest BCUT2D eigenvalue weighted by atomic mass is 32.2. The lowest BCUT2D eigenvalue weighted by Gasteiger charge is -2.21. The first-order chi connectivity index (χ1) is 11.2. The Kier molecular flexibility index (Phi) is 11.3. The fourth-order valence-electron chi connectivity index (χ4n) is 1.67. The van der Waals surface area contributed by atoms with Crippen molar-refractivity contribution in [3.8, 4) is 0 Å². The number of carbonyl (C=O) groups is 4. The van der Waals surface area contributed by atoms with Gasteiger partial charge in [0.15, 0.2) is 0 Å². The molecule has 24 heavy (non-hydrogen) atoms. The zero-order valence-electron chi connectivity index (χ0n) is 13.4. The fourth-order valence-corrected chi connectivity index (χ4v) is 2.41. The monoisotopic (exact) mass is 380 g/mol. The molecule has 0 aromatic heterocycles. The minimum absolute atomic E-state index is 0.0328. The van der Waals surface area contributed by atoms with Crippen LogP contribution < -0.4 is 22.1 Å². The summed E-state index contributed by atoms with van der Waals surface area (Å²) in [7, 11) is 0. The van der Waals surface area contributed by atoms with Gasteiger partial charge in [-0.05, 0) is 24.9 Å². The highest BCUT2D eigenvalue weighted by Crippen LogP contribution is 2.02. The average molecular weight is 380 g/mol. The molecule has 0 aromatic rings. The van der Waals surface area contributed by atoms with Gasteiger partial charge in [0.25, 0.3) is 0 Å². The van der Waals surface area contributed by atoms with Crippen LogP contribution in [0.1, 0.15) is 19.3 Å². The van der Waals surface area contributed by atoms with Gasteiger partial charge in [0.05, 0.1) is 6.04 Å². The van der Waals surface area contributed by atoms with Crippen LogP contribution in [0.25, 0.3) is 0 Å². The lowest BCUT2D eigenvalue weighted by molar-refractivity contribution is -0.142. The minimum Gasteiger partial charge on any atom is -0.480 e. The molecule has 0 aromatic carbocycles. The predicted octanol–water partition coefficient (Wildman–Crippen LogP) is -1.68. The molecular weight excluding hydrogens is 356 g/mol. The van der Waals surface area contributed by atoms with E-state index in [-0.39, 0.29) is 18.6 Å². The van der Waals surface area contributed by atoms with Gasteiger partial charge in [0.1, 0.15) is 12.1 Å². The molecule has 11 heteroatoms. The lowest BCUT2D eigenvalue weighted by atomic mass is 10.1. The fraction of sp³-hybridized carbons (Fsp3) is 0.692. The third kappa shape index (κ3) is 8.99. The number of rotatable bonds is 12. The summed E-state index contributed by atoms with van der Waals surface area (Å²) in [5, 5.41) is 13.8. The molecule has 3 unspecified atom stereocenters. The summed E-state index contributed by atoms with van der Waals surface area (Å²) in [6.45, 7) is 0. The van der Waals surface area contributed by atoms with E-state index < -0.39 is 41.8 Å². The Morgan fingerprint density at radius 3 is 2.17 bits per heavy atom. The first kappa shape index (κ1) is 22.5. The number of hydrogen-bond donors (Lipinski definition) is 6. The molecule has 0 saturated heterocycles. The van der Waals surface area contributed by atoms with Gasteiger partial charge >= 0.3 is 5.97 Å². The number of thioether (sulfide) groups is 1. The summed E-state index contributed by atoms with van der Waals surface area (Å²) in [4.78, 5) is 45.9. The smallest absolute Gasteiger partial charge is 0.326 e. The van der Waals surface area contributed by atoms with Crippen molar-refractivity contribution in [2.45, 2.75) is 37.4 Å². The Balaban J connectivity index is 4.67. The van der Waals surface area contributed by atoms with Crippen molar-refractivity contribution in [2.75, 3.05) is 17.8 Å². The Hall–Kier alpha value is -1.46. The number of carboxylic acids is 1. The van der Waals surface area contributed by atoms with Gasteiger partial charge in [-0.15, -0.1) is 0 Å². The predicted molar refractivity (Wildman–Crippen MR) is 94.8 cm³/mol. The molecule has 7 N–H and O–H groups in total. The Labute approximate surface area is 150 Å². The number of hydrogen-bond acceptors (Lipinski definition) is 7. The summed E-state index contributed by atoms with van der Waals surface area (Å²) >= 11 is 5.53. The summed E-state index contributed by atoms with van der Waals surface area (Å²) in [6.07, 6.45) is 2.00. The van der Waals surface area contributed by atoms with E-state index in [9.17, 15) is 19.2 Å². The minimum atomic E-state index is -1.30. The van der Waals surface area contributed by atoms with Gasteiger partial charge in [-0.2, -0.15) is 24.4 Å². The number of carbonyl (C=O) groups excluding carboxylic acids is 3. The normalized spacial score (nSPS) is 14.3. The second-order valence-corrected chi connectivity index (χ2v) is 6.39. The van der Waals surface area contributed by atoms with E-state index >= 15 is 0 Å². The van der Waals surface area contributed by atoms with Gasteiger partial charge in [0, 0.05) is 12.2 Å². The van der Waals surface area contributed by atoms with Gasteiger partial charge in [-0.25, -0.2) is 4.79 Å². The maximum Gasteiger partial charge on any atom is 0.326 e. The van der Waals surface area contributed by atoms with Crippen LogP contribution in [0, 0.1) is 0 Å². The Morgan fingerprint density at radius 1 is 1.12 bits per heavy atom. The van der Waals surface area contributed by atoms with E-state index in [1.54, 1.807) is 11.8 Å². The van der Waals surface area contributed by atoms with E-state index in [0.717, 1.165) is 0 Å². The largest absolute Gasteiger partial charge is 0.480 e. The molecular formula is C13H24N4O5S2. The molecule has 0 saturated carbocycles. The number of aliphatic carboxylic acids is 1. The van der Waals surface area contributed by atoms with Gasteiger partial charge in [-0.1, -0.05) is 0 Å². The summed E-state index contributed by atoms with van der Waals surface area (Å²) in [6, 6.07) is -3.08. The van der Waals surface area contributed by atoms with E-state index in [0.29, 0.717) is 12.2 Å². The number of thiol groups is 1. The number of nitrogens with one attached hydrogen (secondary N) is 2. The summed E-state index contributed by atoms with van der Waals surface area (Å²) in [5.74, 6) is -2.54. The van der Waals surface area contributed by atoms with E-state index in [2.05, 4.69) is 23.3 Å². The van der Waals surface area contributed by atoms with Gasteiger partial charge < -0.3 is 27.2 Å². The van der Waals surface area contributed by atoms with Crippen LogP contribution in [-0.2, 0) is 19.2 Å². The maximum atomic E-state index is 12.1. The van der Waals surface area contributed by atoms with Crippen molar-refractivity contribution < 1.29 is 24.3 Å². The third-order valence-electron chi connectivity index (χ3n) is 3.08. The van der Waals surface area contributed by atoms with Crippen LogP contribution in [-0.4, -0.2) is 64.7 Å². The maximum absolute atomic E-state index is 12.1. The van der Waals surface area contributed by atoms with Crippen LogP contribution in [0.3, 0.4) is 0 Å². The quantitative estimate of drug-likeness (QED) is 0.220. The third-order valence-corrected chi connectivity index (χ3v) is 4.09. The molecule has 9 nitrogen and oxygen atoms in total. The Morgan fingerprint density at radius 2 is 1.71 bits per heavy atom. The molecule has 0 bridgehead atoms. The van der Waals surface area contributed by atoms with Crippen molar-refractivity contribution in [1.29, 1.82) is 0 Å². The molecule has 0 aliphatic carbocycles. The number of carboxylic acid groups (broad SMARTS) is 1. The second-order valence-electron chi connectivity index (χ2n) is 5.04. The average Bonchev–Trinajstić information content (AvgIpc) is 2.52. The van der Waals surface area contributed by atoms with Crippen molar-refractivity contribution in [1.82, 2.24) is 10.6 Å². The molecule has 0 rings (SSSR count). The number of primary amides is 1. The van der Waals surface area contributed by atoms with Crippen LogP contribution in [0.2, 0.25) is 0 Å². The molecule has 0 fully saturated rings. The van der Waals surface area contributed by atoms with Crippen LogP contribution >= 0.6 is 24.4 Å². The molecule has 0 heterocycles. The number of amides is 3. The van der Waals surface area contributed by atoms with Gasteiger partial charge in [-0.3, -0.25) is 14.4 Å².